The summed E-state index contributed by atoms with van der Waals surface area (Å²) < 4.78 is 5.43. The third kappa shape index (κ3) is 6.58. The second-order valence-corrected chi connectivity index (χ2v) is 3.43. The predicted molar refractivity (Wildman–Crippen MR) is 50.2 cm³/mol. The zero-order valence-corrected chi connectivity index (χ0v) is 8.34. The molecule has 74 valence electrons. The summed E-state index contributed by atoms with van der Waals surface area (Å²) in [4.78, 5) is 0. The summed E-state index contributed by atoms with van der Waals surface area (Å²) in [6.07, 6.45) is 0.759. The first kappa shape index (κ1) is 11.9. The van der Waals surface area contributed by atoms with Crippen molar-refractivity contribution in [3.05, 3.63) is 0 Å². The molecule has 0 spiro atoms. The topological polar surface area (TPSA) is 41.5 Å². The van der Waals surface area contributed by atoms with Crippen LogP contribution in [0.1, 0.15) is 20.3 Å². The summed E-state index contributed by atoms with van der Waals surface area (Å²) >= 11 is 0. The molecule has 12 heavy (non-hydrogen) atoms. The van der Waals surface area contributed by atoms with Crippen LogP contribution < -0.4 is 5.32 Å². The number of likely N-dealkylation sites (N-methyl/N-ethyl adjacent to an activating group) is 1. The second-order valence-electron chi connectivity index (χ2n) is 3.43. The third-order valence-corrected chi connectivity index (χ3v) is 1.66. The fraction of sp³-hybridized carbons (Fsp3) is 1.00. The molecular formula is C9H21NO2. The Morgan fingerprint density at radius 1 is 1.33 bits per heavy atom. The van der Waals surface area contributed by atoms with E-state index in [9.17, 15) is 0 Å². The van der Waals surface area contributed by atoms with Crippen molar-refractivity contribution in [3.63, 3.8) is 0 Å². The summed E-state index contributed by atoms with van der Waals surface area (Å²) in [5.41, 5.74) is 0. The molecule has 0 aliphatic rings. The lowest BCUT2D eigenvalue weighted by atomic mass is 10.2. The molecule has 0 saturated carbocycles. The molecule has 1 unspecified atom stereocenters. The summed E-state index contributed by atoms with van der Waals surface area (Å²) in [5.74, 6) is 0.580. The van der Waals surface area contributed by atoms with Crippen LogP contribution in [0, 0.1) is 5.92 Å². The first-order chi connectivity index (χ1) is 5.70. The van der Waals surface area contributed by atoms with Crippen molar-refractivity contribution in [1.29, 1.82) is 0 Å². The predicted octanol–water partition coefficient (Wildman–Crippen LogP) is 0.629. The summed E-state index contributed by atoms with van der Waals surface area (Å²) in [6.45, 7) is 5.95. The van der Waals surface area contributed by atoms with Crippen LogP contribution in [0.3, 0.4) is 0 Å². The maximum Gasteiger partial charge on any atom is 0.0620 e. The van der Waals surface area contributed by atoms with E-state index in [-0.39, 0.29) is 12.6 Å². The van der Waals surface area contributed by atoms with Crippen molar-refractivity contribution in [2.75, 3.05) is 26.9 Å². The summed E-state index contributed by atoms with van der Waals surface area (Å²) in [7, 11) is 1.89. The van der Waals surface area contributed by atoms with Gasteiger partial charge >= 0.3 is 0 Å². The molecule has 0 aliphatic carbocycles. The monoisotopic (exact) mass is 175 g/mol. The van der Waals surface area contributed by atoms with Gasteiger partial charge in [0.15, 0.2) is 0 Å². The standard InChI is InChI=1S/C9H21NO2/c1-8(2)6-12-7-9(10-3)4-5-11/h8-11H,4-7H2,1-3H3. The highest BCUT2D eigenvalue weighted by atomic mass is 16.5. The largest absolute Gasteiger partial charge is 0.396 e. The number of hydrogen-bond donors (Lipinski definition) is 2. The van der Waals surface area contributed by atoms with Crippen LogP contribution in [-0.2, 0) is 4.74 Å². The Labute approximate surface area is 75.1 Å². The van der Waals surface area contributed by atoms with Crippen LogP contribution in [0.2, 0.25) is 0 Å². The molecule has 3 heteroatoms. The minimum Gasteiger partial charge on any atom is -0.396 e. The van der Waals surface area contributed by atoms with Crippen LogP contribution >= 0.6 is 0 Å². The second kappa shape index (κ2) is 7.53. The Bertz CT molecular complexity index is 96.5. The normalized spacial score (nSPS) is 13.8. The van der Waals surface area contributed by atoms with Gasteiger partial charge in [0, 0.05) is 19.3 Å². The Kier molecular flexibility index (Phi) is 7.45. The average Bonchev–Trinajstić information content (AvgIpc) is 2.02. The molecule has 1 atom stereocenters. The van der Waals surface area contributed by atoms with E-state index in [1.165, 1.54) is 0 Å². The van der Waals surface area contributed by atoms with Crippen molar-refractivity contribution in [2.45, 2.75) is 26.3 Å². The van der Waals surface area contributed by atoms with Crippen molar-refractivity contribution >= 4 is 0 Å². The van der Waals surface area contributed by atoms with Gasteiger partial charge in [-0.15, -0.1) is 0 Å². The van der Waals surface area contributed by atoms with Crippen LogP contribution in [-0.4, -0.2) is 38.0 Å². The molecular weight excluding hydrogens is 154 g/mol. The SMILES string of the molecule is CNC(CCO)COCC(C)C. The van der Waals surface area contributed by atoms with Gasteiger partial charge < -0.3 is 15.2 Å². The third-order valence-electron chi connectivity index (χ3n) is 1.66. The van der Waals surface area contributed by atoms with Crippen LogP contribution in [0.25, 0.3) is 0 Å². The molecule has 0 saturated heterocycles. The van der Waals surface area contributed by atoms with Gasteiger partial charge in [-0.05, 0) is 19.4 Å². The lowest BCUT2D eigenvalue weighted by Crippen LogP contribution is -2.31. The van der Waals surface area contributed by atoms with Crippen molar-refractivity contribution in [3.8, 4) is 0 Å². The minimum absolute atomic E-state index is 0.219. The van der Waals surface area contributed by atoms with Gasteiger partial charge in [-0.25, -0.2) is 0 Å². The van der Waals surface area contributed by atoms with Gasteiger partial charge in [-0.3, -0.25) is 0 Å². The maximum atomic E-state index is 8.68. The molecule has 0 fully saturated rings. The molecule has 0 rings (SSSR count). The molecule has 0 aromatic heterocycles. The first-order valence-electron chi connectivity index (χ1n) is 4.56. The summed E-state index contributed by atoms with van der Waals surface area (Å²) in [6, 6.07) is 0.286. The first-order valence-corrected chi connectivity index (χ1v) is 4.56. The summed E-state index contributed by atoms with van der Waals surface area (Å²) in [5, 5.41) is 11.8. The highest BCUT2D eigenvalue weighted by Gasteiger charge is 2.04. The van der Waals surface area contributed by atoms with Gasteiger partial charge in [0.2, 0.25) is 0 Å². The maximum absolute atomic E-state index is 8.68. The zero-order chi connectivity index (χ0) is 9.40. The van der Waals surface area contributed by atoms with Crippen molar-refractivity contribution in [1.82, 2.24) is 5.32 Å². The van der Waals surface area contributed by atoms with Gasteiger partial charge in [0.1, 0.15) is 0 Å². The Morgan fingerprint density at radius 3 is 2.42 bits per heavy atom. The van der Waals surface area contributed by atoms with Crippen LogP contribution in [0.4, 0.5) is 0 Å². The molecule has 0 aromatic rings. The molecule has 3 nitrogen and oxygen atoms in total. The van der Waals surface area contributed by atoms with E-state index in [4.69, 9.17) is 9.84 Å². The Balaban J connectivity index is 3.31. The quantitative estimate of drug-likeness (QED) is 0.596. The minimum atomic E-state index is 0.219. The number of ether oxygens (including phenoxy) is 1. The number of rotatable bonds is 7. The molecule has 0 heterocycles. The van der Waals surface area contributed by atoms with Gasteiger partial charge in [-0.1, -0.05) is 13.8 Å². The highest BCUT2D eigenvalue weighted by Crippen LogP contribution is 1.96. The molecule has 0 bridgehead atoms. The van der Waals surface area contributed by atoms with E-state index in [1.807, 2.05) is 7.05 Å². The number of hydrogen-bond acceptors (Lipinski definition) is 3. The highest BCUT2D eigenvalue weighted by molar-refractivity contribution is 4.62. The Hall–Kier alpha value is -0.120. The molecule has 0 amide bonds. The number of aliphatic hydroxyl groups is 1. The fourth-order valence-corrected chi connectivity index (χ4v) is 0.913. The number of aliphatic hydroxyl groups excluding tert-OH is 1. The molecule has 0 aliphatic heterocycles. The lowest BCUT2D eigenvalue weighted by Gasteiger charge is -2.15. The van der Waals surface area contributed by atoms with Crippen molar-refractivity contribution in [2.24, 2.45) is 5.92 Å². The van der Waals surface area contributed by atoms with Crippen LogP contribution in [0.15, 0.2) is 0 Å². The number of nitrogens with one attached hydrogen (secondary N) is 1. The lowest BCUT2D eigenvalue weighted by molar-refractivity contribution is 0.0848. The molecule has 2 N–H and O–H groups in total. The van der Waals surface area contributed by atoms with Crippen LogP contribution in [0.5, 0.6) is 0 Å². The van der Waals surface area contributed by atoms with Gasteiger partial charge in [0.25, 0.3) is 0 Å². The molecule has 0 radical (unpaired) electrons. The van der Waals surface area contributed by atoms with E-state index in [1.54, 1.807) is 0 Å². The average molecular weight is 175 g/mol. The molecule has 0 aromatic carbocycles. The fourth-order valence-electron chi connectivity index (χ4n) is 0.913. The smallest absolute Gasteiger partial charge is 0.0620 e. The van der Waals surface area contributed by atoms with E-state index in [2.05, 4.69) is 19.2 Å². The van der Waals surface area contributed by atoms with Gasteiger partial charge in [0.05, 0.1) is 6.61 Å². The Morgan fingerprint density at radius 2 is 2.00 bits per heavy atom. The van der Waals surface area contributed by atoms with E-state index in [0.29, 0.717) is 12.5 Å². The van der Waals surface area contributed by atoms with E-state index >= 15 is 0 Å². The zero-order valence-electron chi connectivity index (χ0n) is 8.34. The van der Waals surface area contributed by atoms with E-state index in [0.717, 1.165) is 13.0 Å². The van der Waals surface area contributed by atoms with Crippen molar-refractivity contribution < 1.29 is 9.84 Å². The van der Waals surface area contributed by atoms with E-state index < -0.39 is 0 Å². The van der Waals surface area contributed by atoms with Gasteiger partial charge in [-0.2, -0.15) is 0 Å².